The molecule has 2 aromatic rings. The summed E-state index contributed by atoms with van der Waals surface area (Å²) < 4.78 is 77.2. The van der Waals surface area contributed by atoms with Crippen molar-refractivity contribution in [2.75, 3.05) is 0 Å². The van der Waals surface area contributed by atoms with E-state index in [1.165, 1.54) is 0 Å². The number of rotatable bonds is 3. The largest absolute Gasteiger partial charge is 0.416 e. The molecule has 10 heteroatoms. The van der Waals surface area contributed by atoms with E-state index in [0.717, 1.165) is 18.2 Å². The Labute approximate surface area is 136 Å². The Morgan fingerprint density at radius 2 is 1.40 bits per heavy atom. The number of aliphatic hydroxyl groups is 1. The zero-order valence-corrected chi connectivity index (χ0v) is 12.1. The Bertz CT molecular complexity index is 782. The summed E-state index contributed by atoms with van der Waals surface area (Å²) in [4.78, 5) is 9.98. The van der Waals surface area contributed by atoms with E-state index in [1.807, 2.05) is 0 Å². The third-order valence-electron chi connectivity index (χ3n) is 3.37. The van der Waals surface area contributed by atoms with Crippen molar-refractivity contribution in [3.05, 3.63) is 63.2 Å². The number of hydrogen-bond donors (Lipinski definition) is 1. The van der Waals surface area contributed by atoms with Crippen molar-refractivity contribution in [2.24, 2.45) is 0 Å². The van der Waals surface area contributed by atoms with Gasteiger partial charge in [-0.05, 0) is 41.5 Å². The van der Waals surface area contributed by atoms with Crippen molar-refractivity contribution < 1.29 is 36.4 Å². The molecule has 0 fully saturated rings. The predicted octanol–water partition coefficient (Wildman–Crippen LogP) is 4.79. The molecule has 0 spiro atoms. The van der Waals surface area contributed by atoms with Crippen LogP contribution in [0.5, 0.6) is 0 Å². The minimum atomic E-state index is -5.00. The van der Waals surface area contributed by atoms with Crippen molar-refractivity contribution in [1.29, 1.82) is 0 Å². The number of nitro benzene ring substituents is 1. The van der Waals surface area contributed by atoms with E-state index in [1.54, 1.807) is 0 Å². The second-order valence-corrected chi connectivity index (χ2v) is 5.05. The molecule has 0 aromatic heterocycles. The van der Waals surface area contributed by atoms with Gasteiger partial charge in [0.2, 0.25) is 0 Å². The minimum Gasteiger partial charge on any atom is -0.391 e. The maximum Gasteiger partial charge on any atom is 0.416 e. The minimum absolute atomic E-state index is 0.0121. The van der Waals surface area contributed by atoms with Crippen LogP contribution in [0.15, 0.2) is 36.4 Å². The van der Waals surface area contributed by atoms with Crippen molar-refractivity contribution >= 4 is 5.69 Å². The van der Waals surface area contributed by atoms with Crippen LogP contribution < -0.4 is 0 Å². The molecule has 0 amide bonds. The van der Waals surface area contributed by atoms with Crippen molar-refractivity contribution in [1.82, 2.24) is 0 Å². The maximum atomic E-state index is 12.9. The standard InChI is InChI=1S/C15H9F6NO3/c16-14(17,18)11-4-9(5-12(6-11)15(19,20)21)8-1-2-13(22(24)25)10(3-8)7-23/h1-6,23H,7H2. The molecule has 2 rings (SSSR count). The van der Waals surface area contributed by atoms with Crippen LogP contribution in [0, 0.1) is 10.1 Å². The van der Waals surface area contributed by atoms with E-state index in [4.69, 9.17) is 5.11 Å². The van der Waals surface area contributed by atoms with Gasteiger partial charge in [-0.1, -0.05) is 0 Å². The third kappa shape index (κ3) is 4.08. The number of halogens is 6. The van der Waals surface area contributed by atoms with Crippen LogP contribution in [-0.4, -0.2) is 10.0 Å². The summed E-state index contributed by atoms with van der Waals surface area (Å²) >= 11 is 0. The number of benzene rings is 2. The topological polar surface area (TPSA) is 63.4 Å². The normalized spacial score (nSPS) is 12.3. The van der Waals surface area contributed by atoms with Crippen molar-refractivity contribution in [3.63, 3.8) is 0 Å². The Kier molecular flexibility index (Phi) is 4.76. The van der Waals surface area contributed by atoms with Gasteiger partial charge in [0.25, 0.3) is 5.69 Å². The Morgan fingerprint density at radius 1 is 0.880 bits per heavy atom. The molecule has 0 aliphatic heterocycles. The van der Waals surface area contributed by atoms with Crippen molar-refractivity contribution in [2.45, 2.75) is 19.0 Å². The predicted molar refractivity (Wildman–Crippen MR) is 74.5 cm³/mol. The number of hydrogen-bond acceptors (Lipinski definition) is 3. The number of alkyl halides is 6. The van der Waals surface area contributed by atoms with E-state index in [0.29, 0.717) is 12.1 Å². The van der Waals surface area contributed by atoms with Gasteiger partial charge in [-0.2, -0.15) is 26.3 Å². The summed E-state index contributed by atoms with van der Waals surface area (Å²) in [5.41, 5.74) is -4.26. The first-order valence-electron chi connectivity index (χ1n) is 6.61. The lowest BCUT2D eigenvalue weighted by Gasteiger charge is -2.14. The molecule has 0 saturated carbocycles. The van der Waals surface area contributed by atoms with Gasteiger partial charge in [0, 0.05) is 6.07 Å². The van der Waals surface area contributed by atoms with E-state index < -0.39 is 46.3 Å². The second kappa shape index (κ2) is 6.36. The fourth-order valence-corrected chi connectivity index (χ4v) is 2.19. The molecule has 0 unspecified atom stereocenters. The zero-order valence-electron chi connectivity index (χ0n) is 12.1. The van der Waals surface area contributed by atoms with Crippen LogP contribution in [-0.2, 0) is 19.0 Å². The monoisotopic (exact) mass is 365 g/mol. The van der Waals surface area contributed by atoms with Gasteiger partial charge >= 0.3 is 12.4 Å². The molecule has 2 aromatic carbocycles. The van der Waals surface area contributed by atoms with E-state index in [-0.39, 0.29) is 17.2 Å². The smallest absolute Gasteiger partial charge is 0.391 e. The first kappa shape index (κ1) is 18.7. The molecule has 25 heavy (non-hydrogen) atoms. The Hall–Kier alpha value is -2.62. The molecule has 0 radical (unpaired) electrons. The van der Waals surface area contributed by atoms with E-state index in [9.17, 15) is 36.5 Å². The molecule has 0 bridgehead atoms. The summed E-state index contributed by atoms with van der Waals surface area (Å²) in [6.45, 7) is -0.796. The SMILES string of the molecule is O=[N+]([O-])c1ccc(-c2cc(C(F)(F)F)cc(C(F)(F)F)c2)cc1CO. The fourth-order valence-electron chi connectivity index (χ4n) is 2.19. The highest BCUT2D eigenvalue weighted by Crippen LogP contribution is 2.39. The summed E-state index contributed by atoms with van der Waals surface area (Å²) in [5.74, 6) is 0. The molecule has 0 saturated heterocycles. The summed E-state index contributed by atoms with van der Waals surface area (Å²) in [7, 11) is 0. The second-order valence-electron chi connectivity index (χ2n) is 5.05. The quantitative estimate of drug-likeness (QED) is 0.483. The molecular formula is C15H9F6NO3. The lowest BCUT2D eigenvalue weighted by Crippen LogP contribution is -2.11. The molecule has 0 aliphatic carbocycles. The van der Waals surface area contributed by atoms with Crippen LogP contribution in [0.4, 0.5) is 32.0 Å². The maximum absolute atomic E-state index is 12.9. The van der Waals surface area contributed by atoms with Gasteiger partial charge in [0.05, 0.1) is 28.2 Å². The zero-order chi connectivity index (χ0) is 19.0. The van der Waals surface area contributed by atoms with Crippen LogP contribution in [0.3, 0.4) is 0 Å². The van der Waals surface area contributed by atoms with Gasteiger partial charge in [-0.3, -0.25) is 10.1 Å². The van der Waals surface area contributed by atoms with Gasteiger partial charge in [0.15, 0.2) is 0 Å². The summed E-state index contributed by atoms with van der Waals surface area (Å²) in [6.07, 6.45) is -10.0. The highest BCUT2D eigenvalue weighted by Gasteiger charge is 2.37. The molecule has 0 atom stereocenters. The average molecular weight is 365 g/mol. The lowest BCUT2D eigenvalue weighted by atomic mass is 9.97. The van der Waals surface area contributed by atoms with E-state index >= 15 is 0 Å². The Morgan fingerprint density at radius 3 is 1.80 bits per heavy atom. The molecule has 4 nitrogen and oxygen atoms in total. The fraction of sp³-hybridized carbons (Fsp3) is 0.200. The molecular weight excluding hydrogens is 356 g/mol. The van der Waals surface area contributed by atoms with Crippen LogP contribution >= 0.6 is 0 Å². The van der Waals surface area contributed by atoms with Gasteiger partial charge < -0.3 is 5.11 Å². The van der Waals surface area contributed by atoms with Crippen LogP contribution in [0.1, 0.15) is 16.7 Å². The summed E-state index contributed by atoms with van der Waals surface area (Å²) in [6, 6.07) is 3.92. The number of aliphatic hydroxyl groups excluding tert-OH is 1. The number of nitrogens with zero attached hydrogens (tertiary/aromatic N) is 1. The van der Waals surface area contributed by atoms with Gasteiger partial charge in [-0.15, -0.1) is 0 Å². The molecule has 0 heterocycles. The van der Waals surface area contributed by atoms with Crippen LogP contribution in [0.2, 0.25) is 0 Å². The molecule has 0 aliphatic rings. The number of nitro groups is 1. The van der Waals surface area contributed by atoms with Crippen LogP contribution in [0.25, 0.3) is 11.1 Å². The Balaban J connectivity index is 2.68. The highest BCUT2D eigenvalue weighted by atomic mass is 19.4. The summed E-state index contributed by atoms with van der Waals surface area (Å²) in [5, 5.41) is 19.9. The average Bonchev–Trinajstić information content (AvgIpc) is 2.52. The lowest BCUT2D eigenvalue weighted by molar-refractivity contribution is -0.385. The van der Waals surface area contributed by atoms with Crippen molar-refractivity contribution in [3.8, 4) is 11.1 Å². The molecule has 134 valence electrons. The third-order valence-corrected chi connectivity index (χ3v) is 3.37. The van der Waals surface area contributed by atoms with Gasteiger partial charge in [0.1, 0.15) is 0 Å². The van der Waals surface area contributed by atoms with E-state index in [2.05, 4.69) is 0 Å². The highest BCUT2D eigenvalue weighted by molar-refractivity contribution is 5.68. The van der Waals surface area contributed by atoms with Gasteiger partial charge in [-0.25, -0.2) is 0 Å². The first-order chi connectivity index (χ1) is 11.4. The first-order valence-corrected chi connectivity index (χ1v) is 6.61. The molecule has 1 N–H and O–H groups in total.